The first-order chi connectivity index (χ1) is 6.40. The van der Waals surface area contributed by atoms with Gasteiger partial charge in [-0.3, -0.25) is 0 Å². The highest BCUT2D eigenvalue weighted by atomic mass is 15.1. The van der Waals surface area contributed by atoms with Gasteiger partial charge in [-0.15, -0.1) is 0 Å². The fourth-order valence-electron chi connectivity index (χ4n) is 1.63. The monoisotopic (exact) mass is 179 g/mol. The first-order valence-corrected chi connectivity index (χ1v) is 5.10. The molecule has 1 fully saturated rings. The quantitative estimate of drug-likeness (QED) is 0.737. The van der Waals surface area contributed by atoms with E-state index in [1.165, 1.54) is 19.3 Å². The van der Waals surface area contributed by atoms with Gasteiger partial charge < -0.3 is 10.3 Å². The molecule has 0 amide bonds. The second-order valence-electron chi connectivity index (χ2n) is 3.81. The summed E-state index contributed by atoms with van der Waals surface area (Å²) in [6, 6.07) is 0. The molecule has 3 nitrogen and oxygen atoms in total. The van der Waals surface area contributed by atoms with Crippen LogP contribution in [-0.2, 0) is 13.0 Å². The van der Waals surface area contributed by atoms with E-state index in [0.717, 1.165) is 24.7 Å². The van der Waals surface area contributed by atoms with Gasteiger partial charge >= 0.3 is 0 Å². The molecule has 0 spiro atoms. The van der Waals surface area contributed by atoms with Crippen LogP contribution in [0, 0.1) is 5.92 Å². The van der Waals surface area contributed by atoms with Crippen molar-refractivity contribution >= 4 is 0 Å². The van der Waals surface area contributed by atoms with Gasteiger partial charge in [0.15, 0.2) is 0 Å². The topological polar surface area (TPSA) is 43.8 Å². The number of aryl methyl sites for hydroxylation is 1. The highest BCUT2D eigenvalue weighted by Crippen LogP contribution is 2.32. The number of imidazole rings is 1. The van der Waals surface area contributed by atoms with E-state index in [-0.39, 0.29) is 0 Å². The van der Waals surface area contributed by atoms with Crippen LogP contribution in [-0.4, -0.2) is 16.1 Å². The average molecular weight is 179 g/mol. The molecule has 1 aromatic rings. The Balaban J connectivity index is 1.88. The van der Waals surface area contributed by atoms with E-state index >= 15 is 0 Å². The Hall–Kier alpha value is -0.830. The molecule has 0 atom stereocenters. The molecule has 1 heterocycles. The molecule has 2 rings (SSSR count). The van der Waals surface area contributed by atoms with Crippen molar-refractivity contribution in [2.24, 2.45) is 11.7 Å². The summed E-state index contributed by atoms with van der Waals surface area (Å²) in [4.78, 5) is 4.29. The highest BCUT2D eigenvalue weighted by molar-refractivity contribution is 4.93. The van der Waals surface area contributed by atoms with E-state index in [1.807, 2.05) is 6.20 Å². The van der Waals surface area contributed by atoms with Gasteiger partial charge in [0.05, 0.1) is 0 Å². The van der Waals surface area contributed by atoms with Crippen LogP contribution in [0.4, 0.5) is 0 Å². The minimum Gasteiger partial charge on any atom is -0.335 e. The smallest absolute Gasteiger partial charge is 0.109 e. The second kappa shape index (κ2) is 3.92. The van der Waals surface area contributed by atoms with Crippen molar-refractivity contribution in [2.45, 2.75) is 32.2 Å². The van der Waals surface area contributed by atoms with Crippen molar-refractivity contribution in [2.75, 3.05) is 6.54 Å². The van der Waals surface area contributed by atoms with Crippen molar-refractivity contribution in [3.63, 3.8) is 0 Å². The Kier molecular flexibility index (Phi) is 2.64. The third-order valence-corrected chi connectivity index (χ3v) is 2.64. The minimum atomic E-state index is 0.695. The Morgan fingerprint density at radius 1 is 1.54 bits per heavy atom. The summed E-state index contributed by atoms with van der Waals surface area (Å²) in [6.45, 7) is 1.82. The maximum Gasteiger partial charge on any atom is 0.109 e. The van der Waals surface area contributed by atoms with Crippen molar-refractivity contribution in [1.29, 1.82) is 0 Å². The predicted octanol–water partition coefficient (Wildman–Crippen LogP) is 1.18. The van der Waals surface area contributed by atoms with Crippen LogP contribution < -0.4 is 5.73 Å². The number of hydrogen-bond acceptors (Lipinski definition) is 2. The molecule has 0 saturated heterocycles. The number of nitrogens with zero attached hydrogens (tertiary/aromatic N) is 2. The molecule has 2 N–H and O–H groups in total. The van der Waals surface area contributed by atoms with E-state index in [2.05, 4.69) is 15.7 Å². The van der Waals surface area contributed by atoms with E-state index < -0.39 is 0 Å². The molecule has 3 heteroatoms. The van der Waals surface area contributed by atoms with Crippen molar-refractivity contribution in [1.82, 2.24) is 9.55 Å². The van der Waals surface area contributed by atoms with Gasteiger partial charge in [0.25, 0.3) is 0 Å². The molecule has 1 aliphatic rings. The lowest BCUT2D eigenvalue weighted by Crippen LogP contribution is -2.10. The average Bonchev–Trinajstić information content (AvgIpc) is 2.86. The zero-order valence-corrected chi connectivity index (χ0v) is 7.95. The normalized spacial score (nSPS) is 16.4. The second-order valence-corrected chi connectivity index (χ2v) is 3.81. The first kappa shape index (κ1) is 8.75. The molecule has 0 aliphatic heterocycles. The highest BCUT2D eigenvalue weighted by Gasteiger charge is 2.20. The van der Waals surface area contributed by atoms with Gasteiger partial charge in [-0.05, 0) is 18.9 Å². The fourth-order valence-corrected chi connectivity index (χ4v) is 1.63. The molecule has 1 saturated carbocycles. The maximum atomic E-state index is 5.50. The van der Waals surface area contributed by atoms with Crippen LogP contribution in [0.2, 0.25) is 0 Å². The van der Waals surface area contributed by atoms with Crippen molar-refractivity contribution in [3.05, 3.63) is 18.2 Å². The Labute approximate surface area is 79.0 Å². The fraction of sp³-hybridized carbons (Fsp3) is 0.700. The van der Waals surface area contributed by atoms with Crippen LogP contribution >= 0.6 is 0 Å². The largest absolute Gasteiger partial charge is 0.335 e. The van der Waals surface area contributed by atoms with Gasteiger partial charge in [0, 0.05) is 25.4 Å². The van der Waals surface area contributed by atoms with E-state index in [4.69, 9.17) is 5.73 Å². The Bertz CT molecular complexity index is 263. The van der Waals surface area contributed by atoms with Crippen LogP contribution in [0.5, 0.6) is 0 Å². The molecule has 1 aromatic heterocycles. The zero-order valence-electron chi connectivity index (χ0n) is 7.95. The van der Waals surface area contributed by atoms with E-state index in [9.17, 15) is 0 Å². The van der Waals surface area contributed by atoms with Crippen molar-refractivity contribution in [3.8, 4) is 0 Å². The van der Waals surface area contributed by atoms with E-state index in [1.54, 1.807) is 0 Å². The maximum absolute atomic E-state index is 5.50. The summed E-state index contributed by atoms with van der Waals surface area (Å²) >= 11 is 0. The molecule has 1 aliphatic carbocycles. The number of nitrogens with two attached hydrogens (primary N) is 1. The van der Waals surface area contributed by atoms with Crippen LogP contribution in [0.1, 0.15) is 25.1 Å². The van der Waals surface area contributed by atoms with E-state index in [0.29, 0.717) is 6.54 Å². The summed E-state index contributed by atoms with van der Waals surface area (Å²) < 4.78 is 2.24. The number of rotatable bonds is 5. The third-order valence-electron chi connectivity index (χ3n) is 2.64. The van der Waals surface area contributed by atoms with Crippen molar-refractivity contribution < 1.29 is 0 Å². The Morgan fingerprint density at radius 2 is 2.38 bits per heavy atom. The summed E-state index contributed by atoms with van der Waals surface area (Å²) in [5.41, 5.74) is 5.50. The van der Waals surface area contributed by atoms with Gasteiger partial charge in [-0.2, -0.15) is 0 Å². The van der Waals surface area contributed by atoms with Crippen LogP contribution in [0.3, 0.4) is 0 Å². The van der Waals surface area contributed by atoms with Gasteiger partial charge in [-0.25, -0.2) is 4.98 Å². The van der Waals surface area contributed by atoms with Crippen LogP contribution in [0.25, 0.3) is 0 Å². The summed E-state index contributed by atoms with van der Waals surface area (Å²) in [5.74, 6) is 2.14. The van der Waals surface area contributed by atoms with Gasteiger partial charge in [-0.1, -0.05) is 12.8 Å². The lowest BCUT2D eigenvalue weighted by Gasteiger charge is -2.05. The van der Waals surface area contributed by atoms with Gasteiger partial charge in [0.1, 0.15) is 5.82 Å². The SMILES string of the molecule is NCCc1nccn1CCC1CC1. The van der Waals surface area contributed by atoms with Crippen LogP contribution in [0.15, 0.2) is 12.4 Å². The molecular weight excluding hydrogens is 162 g/mol. The molecule has 0 bridgehead atoms. The third kappa shape index (κ3) is 2.31. The molecule has 72 valence electrons. The number of hydrogen-bond donors (Lipinski definition) is 1. The summed E-state index contributed by atoms with van der Waals surface area (Å²) in [5, 5.41) is 0. The Morgan fingerprint density at radius 3 is 3.08 bits per heavy atom. The summed E-state index contributed by atoms with van der Waals surface area (Å²) in [6.07, 6.45) is 9.01. The summed E-state index contributed by atoms with van der Waals surface area (Å²) in [7, 11) is 0. The lowest BCUT2D eigenvalue weighted by atomic mass is 10.3. The zero-order chi connectivity index (χ0) is 9.10. The standard InChI is InChI=1S/C10H17N3/c11-5-3-10-12-6-8-13(10)7-4-9-1-2-9/h6,8-9H,1-5,7,11H2. The molecule has 0 radical (unpaired) electrons. The molecule has 13 heavy (non-hydrogen) atoms. The molecule has 0 unspecified atom stereocenters. The van der Waals surface area contributed by atoms with Gasteiger partial charge in [0.2, 0.25) is 0 Å². The molecular formula is C10H17N3. The first-order valence-electron chi connectivity index (χ1n) is 5.10. The minimum absolute atomic E-state index is 0.695. The molecule has 0 aromatic carbocycles. The lowest BCUT2D eigenvalue weighted by molar-refractivity contribution is 0.573. The predicted molar refractivity (Wildman–Crippen MR) is 52.3 cm³/mol. The number of aromatic nitrogens is 2.